The fourth-order valence-electron chi connectivity index (χ4n) is 3.02. The van der Waals surface area contributed by atoms with Crippen LogP contribution in [0.4, 0.5) is 11.4 Å². The molecule has 1 aromatic carbocycles. The quantitative estimate of drug-likeness (QED) is 0.852. The van der Waals surface area contributed by atoms with Crippen LogP contribution >= 0.6 is 0 Å². The molecule has 1 N–H and O–H groups in total. The molecule has 5 heteroatoms. The van der Waals surface area contributed by atoms with Crippen LogP contribution in [0.15, 0.2) is 24.3 Å². The van der Waals surface area contributed by atoms with Crippen LogP contribution in [0, 0.1) is 11.8 Å². The summed E-state index contributed by atoms with van der Waals surface area (Å²) < 4.78 is 0. The largest absolute Gasteiger partial charge is 0.378 e. The van der Waals surface area contributed by atoms with Crippen LogP contribution in [0.5, 0.6) is 0 Å². The Morgan fingerprint density at radius 3 is 2.41 bits per heavy atom. The number of rotatable bonds is 2. The topological polar surface area (TPSA) is 52.7 Å². The number of carbonyl (C=O) groups excluding carboxylic acids is 2. The van der Waals surface area contributed by atoms with Gasteiger partial charge in [0.05, 0.1) is 0 Å². The van der Waals surface area contributed by atoms with Crippen LogP contribution in [0.1, 0.15) is 20.3 Å². The molecule has 1 aromatic rings. The number of piperidine rings is 1. The van der Waals surface area contributed by atoms with E-state index >= 15 is 0 Å². The lowest BCUT2D eigenvalue weighted by Crippen LogP contribution is -2.47. The van der Waals surface area contributed by atoms with Crippen molar-refractivity contribution in [1.82, 2.24) is 4.90 Å². The smallest absolute Gasteiger partial charge is 0.313 e. The third kappa shape index (κ3) is 4.00. The van der Waals surface area contributed by atoms with Crippen molar-refractivity contribution in [2.24, 2.45) is 11.8 Å². The minimum atomic E-state index is -0.558. The molecule has 2 rings (SSSR count). The summed E-state index contributed by atoms with van der Waals surface area (Å²) in [6, 6.07) is 7.46. The number of benzene rings is 1. The van der Waals surface area contributed by atoms with Crippen molar-refractivity contribution in [1.29, 1.82) is 0 Å². The van der Waals surface area contributed by atoms with Gasteiger partial charge in [-0.15, -0.1) is 0 Å². The highest BCUT2D eigenvalue weighted by Gasteiger charge is 2.29. The van der Waals surface area contributed by atoms with Gasteiger partial charge in [-0.25, -0.2) is 0 Å². The Labute approximate surface area is 132 Å². The van der Waals surface area contributed by atoms with Crippen LogP contribution in [-0.4, -0.2) is 43.9 Å². The molecule has 1 aliphatic heterocycles. The summed E-state index contributed by atoms with van der Waals surface area (Å²) in [6.07, 6.45) is 1.11. The van der Waals surface area contributed by atoms with E-state index in [1.54, 1.807) is 11.0 Å². The highest BCUT2D eigenvalue weighted by molar-refractivity contribution is 6.39. The summed E-state index contributed by atoms with van der Waals surface area (Å²) in [4.78, 5) is 28.1. The van der Waals surface area contributed by atoms with E-state index < -0.39 is 11.8 Å². The van der Waals surface area contributed by atoms with Crippen LogP contribution in [0.25, 0.3) is 0 Å². The van der Waals surface area contributed by atoms with Crippen LogP contribution < -0.4 is 10.2 Å². The van der Waals surface area contributed by atoms with Gasteiger partial charge >= 0.3 is 11.8 Å². The molecule has 1 heterocycles. The average Bonchev–Trinajstić information content (AvgIpc) is 2.45. The molecule has 0 radical (unpaired) electrons. The van der Waals surface area contributed by atoms with Gasteiger partial charge in [0, 0.05) is 38.6 Å². The molecule has 1 aliphatic rings. The fourth-order valence-corrected chi connectivity index (χ4v) is 3.02. The van der Waals surface area contributed by atoms with Crippen LogP contribution in [0.3, 0.4) is 0 Å². The SMILES string of the molecule is CC1CC(C)CN(C(=O)C(=O)Nc2cccc(N(C)C)c2)C1. The molecule has 5 nitrogen and oxygen atoms in total. The minimum Gasteiger partial charge on any atom is -0.378 e. The van der Waals surface area contributed by atoms with Crippen molar-refractivity contribution >= 4 is 23.2 Å². The van der Waals surface area contributed by atoms with Gasteiger partial charge in [0.1, 0.15) is 0 Å². The summed E-state index contributed by atoms with van der Waals surface area (Å²) >= 11 is 0. The van der Waals surface area contributed by atoms with Gasteiger partial charge < -0.3 is 15.1 Å². The van der Waals surface area contributed by atoms with Crippen molar-refractivity contribution in [3.05, 3.63) is 24.3 Å². The number of anilines is 2. The number of hydrogen-bond donors (Lipinski definition) is 1. The van der Waals surface area contributed by atoms with Gasteiger partial charge in [-0.1, -0.05) is 19.9 Å². The monoisotopic (exact) mass is 303 g/mol. The molecule has 120 valence electrons. The summed E-state index contributed by atoms with van der Waals surface area (Å²) in [6.45, 7) is 5.56. The van der Waals surface area contributed by atoms with Gasteiger partial charge in [0.15, 0.2) is 0 Å². The maximum Gasteiger partial charge on any atom is 0.313 e. The van der Waals surface area contributed by atoms with E-state index in [1.165, 1.54) is 0 Å². The van der Waals surface area contributed by atoms with Crippen LogP contribution in [-0.2, 0) is 9.59 Å². The van der Waals surface area contributed by atoms with Crippen molar-refractivity contribution in [2.75, 3.05) is 37.4 Å². The minimum absolute atomic E-state index is 0.436. The number of hydrogen-bond acceptors (Lipinski definition) is 3. The van der Waals surface area contributed by atoms with E-state index in [1.807, 2.05) is 37.2 Å². The van der Waals surface area contributed by atoms with E-state index in [-0.39, 0.29) is 0 Å². The molecule has 2 amide bonds. The second-order valence-electron chi connectivity index (χ2n) is 6.56. The van der Waals surface area contributed by atoms with Crippen molar-refractivity contribution in [3.8, 4) is 0 Å². The van der Waals surface area contributed by atoms with E-state index in [0.717, 1.165) is 12.1 Å². The summed E-state index contributed by atoms with van der Waals surface area (Å²) in [5.41, 5.74) is 1.62. The van der Waals surface area contributed by atoms with Gasteiger partial charge in [-0.2, -0.15) is 0 Å². The third-order valence-corrected chi connectivity index (χ3v) is 3.97. The molecule has 0 bridgehead atoms. The van der Waals surface area contributed by atoms with E-state index in [2.05, 4.69) is 19.2 Å². The number of carbonyl (C=O) groups is 2. The molecule has 2 atom stereocenters. The Kier molecular flexibility index (Phi) is 5.06. The molecule has 0 aromatic heterocycles. The number of amides is 2. The molecule has 2 unspecified atom stereocenters. The fraction of sp³-hybridized carbons (Fsp3) is 0.529. The van der Waals surface area contributed by atoms with Crippen molar-refractivity contribution in [2.45, 2.75) is 20.3 Å². The van der Waals surface area contributed by atoms with Crippen molar-refractivity contribution < 1.29 is 9.59 Å². The lowest BCUT2D eigenvalue weighted by Gasteiger charge is -2.34. The molecule has 1 fully saturated rings. The molecule has 0 aliphatic carbocycles. The number of nitrogens with zero attached hydrogens (tertiary/aromatic N) is 2. The predicted molar refractivity (Wildman–Crippen MR) is 88.9 cm³/mol. The van der Waals surface area contributed by atoms with E-state index in [0.29, 0.717) is 30.6 Å². The molecular weight excluding hydrogens is 278 g/mol. The second kappa shape index (κ2) is 6.81. The third-order valence-electron chi connectivity index (χ3n) is 3.97. The molecule has 22 heavy (non-hydrogen) atoms. The predicted octanol–water partition coefficient (Wildman–Crippen LogP) is 2.20. The molecular formula is C17H25N3O2. The first kappa shape index (κ1) is 16.3. The first-order valence-corrected chi connectivity index (χ1v) is 7.74. The molecule has 0 saturated carbocycles. The zero-order valence-corrected chi connectivity index (χ0v) is 13.8. The lowest BCUT2D eigenvalue weighted by molar-refractivity contribution is -0.144. The summed E-state index contributed by atoms with van der Waals surface area (Å²) in [5.74, 6) is -0.110. The van der Waals surface area contributed by atoms with Gasteiger partial charge in [0.25, 0.3) is 0 Å². The first-order chi connectivity index (χ1) is 10.4. The zero-order valence-electron chi connectivity index (χ0n) is 13.8. The average molecular weight is 303 g/mol. The zero-order chi connectivity index (χ0) is 16.3. The summed E-state index contributed by atoms with van der Waals surface area (Å²) in [5, 5.41) is 2.71. The second-order valence-corrected chi connectivity index (χ2v) is 6.56. The molecule has 1 saturated heterocycles. The maximum atomic E-state index is 12.3. The highest BCUT2D eigenvalue weighted by Crippen LogP contribution is 2.21. The number of likely N-dealkylation sites (tertiary alicyclic amines) is 1. The van der Waals surface area contributed by atoms with Gasteiger partial charge in [-0.3, -0.25) is 9.59 Å². The Bertz CT molecular complexity index is 547. The van der Waals surface area contributed by atoms with Gasteiger partial charge in [-0.05, 0) is 36.5 Å². The highest BCUT2D eigenvalue weighted by atomic mass is 16.2. The lowest BCUT2D eigenvalue weighted by atomic mass is 9.92. The Hall–Kier alpha value is -2.04. The first-order valence-electron chi connectivity index (χ1n) is 7.74. The van der Waals surface area contributed by atoms with Crippen molar-refractivity contribution in [3.63, 3.8) is 0 Å². The number of nitrogens with one attached hydrogen (secondary N) is 1. The van der Waals surface area contributed by atoms with E-state index in [9.17, 15) is 9.59 Å². The maximum absolute atomic E-state index is 12.3. The standard InChI is InChI=1S/C17H25N3O2/c1-12-8-13(2)11-20(10-12)17(22)16(21)18-14-6-5-7-15(9-14)19(3)4/h5-7,9,12-13H,8,10-11H2,1-4H3,(H,18,21). The van der Waals surface area contributed by atoms with Gasteiger partial charge in [0.2, 0.25) is 0 Å². The van der Waals surface area contributed by atoms with Crippen LogP contribution in [0.2, 0.25) is 0 Å². The molecule has 0 spiro atoms. The normalized spacial score (nSPS) is 21.4. The summed E-state index contributed by atoms with van der Waals surface area (Å²) in [7, 11) is 3.87. The Balaban J connectivity index is 2.02. The Morgan fingerprint density at radius 2 is 1.82 bits per heavy atom. The Morgan fingerprint density at radius 1 is 1.18 bits per heavy atom. The van der Waals surface area contributed by atoms with E-state index in [4.69, 9.17) is 0 Å².